The predicted octanol–water partition coefficient (Wildman–Crippen LogP) is 5.54. The monoisotopic (exact) mass is 447 g/mol. The smallest absolute Gasteiger partial charge is 0.413 e. The van der Waals surface area contributed by atoms with E-state index >= 15 is 0 Å². The Morgan fingerprint density at radius 2 is 1.87 bits per heavy atom. The van der Waals surface area contributed by atoms with Gasteiger partial charge in [0.05, 0.1) is 27.3 Å². The molecule has 0 N–H and O–H groups in total. The van der Waals surface area contributed by atoms with E-state index in [0.29, 0.717) is 19.6 Å². The summed E-state index contributed by atoms with van der Waals surface area (Å²) in [6.07, 6.45) is 3.29. The molecule has 172 valence electrons. The zero-order chi connectivity index (χ0) is 23.2. The van der Waals surface area contributed by atoms with Gasteiger partial charge in [-0.15, -0.1) is 0 Å². The maximum Gasteiger partial charge on any atom is 0.413 e. The molecule has 1 aromatic carbocycles. The number of ether oxygens (including phenoxy) is 3. The van der Waals surface area contributed by atoms with E-state index in [1.54, 1.807) is 4.90 Å². The van der Waals surface area contributed by atoms with E-state index in [0.717, 1.165) is 5.56 Å². The second-order valence-corrected chi connectivity index (χ2v) is 15.4. The summed E-state index contributed by atoms with van der Waals surface area (Å²) in [6.45, 7) is 14.8. The Kier molecular flexibility index (Phi) is 8.48. The lowest BCUT2D eigenvalue weighted by molar-refractivity contribution is -0.143. The van der Waals surface area contributed by atoms with Crippen LogP contribution in [-0.2, 0) is 19.0 Å². The van der Waals surface area contributed by atoms with Gasteiger partial charge in [-0.2, -0.15) is 0 Å². The van der Waals surface area contributed by atoms with Gasteiger partial charge in [0.1, 0.15) is 5.60 Å². The van der Waals surface area contributed by atoms with E-state index in [2.05, 4.69) is 19.6 Å². The van der Waals surface area contributed by atoms with Crippen molar-refractivity contribution in [3.63, 3.8) is 0 Å². The van der Waals surface area contributed by atoms with Gasteiger partial charge in [-0.3, -0.25) is 9.69 Å². The van der Waals surface area contributed by atoms with Crippen LogP contribution in [0.2, 0.25) is 25.2 Å². The van der Waals surface area contributed by atoms with Crippen LogP contribution in [-0.4, -0.2) is 50.1 Å². The number of carbonyl (C=O) groups excluding carboxylic acids is 2. The standard InChI is InChI=1S/C24H37NO5Si/c1-8-28-22(26)16-19(31(5,6)7)14-15-21-25(23(27)30-24(2,3)4)20(17-29-21)18-12-10-9-11-13-18/h9-15,19-21H,8,16-17H2,1-7H3/t19-,20+,21-/m1/s1. The van der Waals surface area contributed by atoms with Crippen molar-refractivity contribution in [1.29, 1.82) is 0 Å². The van der Waals surface area contributed by atoms with Crippen molar-refractivity contribution in [2.45, 2.75) is 77.2 Å². The number of amides is 1. The van der Waals surface area contributed by atoms with Crippen molar-refractivity contribution in [2.24, 2.45) is 0 Å². The number of allylic oxidation sites excluding steroid dienone is 1. The SMILES string of the molecule is CCOC(=O)C[C@@H](C=C[C@H]1OC[C@@H](c2ccccc2)N1C(=O)OC(C)(C)C)[Si](C)(C)C. The molecular weight excluding hydrogens is 410 g/mol. The molecule has 1 aromatic rings. The fourth-order valence-corrected chi connectivity index (χ4v) is 4.91. The summed E-state index contributed by atoms with van der Waals surface area (Å²) < 4.78 is 16.9. The highest BCUT2D eigenvalue weighted by Gasteiger charge is 2.40. The van der Waals surface area contributed by atoms with E-state index in [9.17, 15) is 9.59 Å². The van der Waals surface area contributed by atoms with Crippen LogP contribution in [0.4, 0.5) is 4.79 Å². The van der Waals surface area contributed by atoms with Gasteiger partial charge in [0, 0.05) is 6.42 Å². The first-order valence-electron chi connectivity index (χ1n) is 10.9. The maximum absolute atomic E-state index is 13.1. The van der Waals surface area contributed by atoms with Gasteiger partial charge in [0.25, 0.3) is 0 Å². The molecule has 2 rings (SSSR count). The second kappa shape index (κ2) is 10.5. The first-order valence-corrected chi connectivity index (χ1v) is 14.5. The minimum atomic E-state index is -1.70. The molecule has 0 aromatic heterocycles. The van der Waals surface area contributed by atoms with Gasteiger partial charge in [-0.25, -0.2) is 4.79 Å². The lowest BCUT2D eigenvalue weighted by Gasteiger charge is -2.31. The van der Waals surface area contributed by atoms with Crippen molar-refractivity contribution >= 4 is 20.1 Å². The number of esters is 1. The fourth-order valence-electron chi connectivity index (χ4n) is 3.45. The van der Waals surface area contributed by atoms with Crippen LogP contribution in [0, 0.1) is 0 Å². The van der Waals surface area contributed by atoms with E-state index in [4.69, 9.17) is 14.2 Å². The molecule has 1 fully saturated rings. The van der Waals surface area contributed by atoms with E-state index in [1.165, 1.54) is 0 Å². The number of benzene rings is 1. The summed E-state index contributed by atoms with van der Waals surface area (Å²) in [5, 5.41) is 0. The molecule has 1 aliphatic heterocycles. The summed E-state index contributed by atoms with van der Waals surface area (Å²) in [5.41, 5.74) is 0.462. The van der Waals surface area contributed by atoms with Crippen LogP contribution in [0.3, 0.4) is 0 Å². The molecule has 1 aliphatic rings. The van der Waals surface area contributed by atoms with Crippen molar-refractivity contribution in [2.75, 3.05) is 13.2 Å². The molecule has 1 heterocycles. The highest BCUT2D eigenvalue weighted by Crippen LogP contribution is 2.34. The van der Waals surface area contributed by atoms with Gasteiger partial charge >= 0.3 is 12.1 Å². The van der Waals surface area contributed by atoms with Gasteiger partial charge in [0.2, 0.25) is 0 Å². The summed E-state index contributed by atoms with van der Waals surface area (Å²) >= 11 is 0. The first kappa shape index (κ1) is 25.1. The second-order valence-electron chi connectivity index (χ2n) is 9.90. The molecule has 0 saturated carbocycles. The lowest BCUT2D eigenvalue weighted by atomic mass is 10.1. The van der Waals surface area contributed by atoms with Crippen molar-refractivity contribution in [3.05, 3.63) is 48.0 Å². The van der Waals surface area contributed by atoms with E-state index < -0.39 is 26.0 Å². The van der Waals surface area contributed by atoms with Crippen LogP contribution < -0.4 is 0 Å². The predicted molar refractivity (Wildman–Crippen MR) is 124 cm³/mol. The molecule has 1 amide bonds. The van der Waals surface area contributed by atoms with Crippen LogP contribution in [0.1, 0.15) is 45.7 Å². The largest absolute Gasteiger partial charge is 0.466 e. The highest BCUT2D eigenvalue weighted by molar-refractivity contribution is 6.78. The topological polar surface area (TPSA) is 65.1 Å². The van der Waals surface area contributed by atoms with E-state index in [1.807, 2.05) is 70.2 Å². The Labute approximate surface area is 187 Å². The van der Waals surface area contributed by atoms with Gasteiger partial charge < -0.3 is 14.2 Å². The molecule has 1 saturated heterocycles. The lowest BCUT2D eigenvalue weighted by Crippen LogP contribution is -2.41. The van der Waals surface area contributed by atoms with Gasteiger partial charge in [-0.05, 0) is 44.9 Å². The van der Waals surface area contributed by atoms with E-state index in [-0.39, 0.29) is 17.6 Å². The van der Waals surface area contributed by atoms with Crippen LogP contribution in [0.25, 0.3) is 0 Å². The fraction of sp³-hybridized carbons (Fsp3) is 0.583. The normalized spacial score (nSPS) is 20.7. The molecule has 7 heteroatoms. The molecule has 3 atom stereocenters. The Hall–Kier alpha value is -2.12. The average molecular weight is 448 g/mol. The first-order chi connectivity index (χ1) is 14.4. The third-order valence-corrected chi connectivity index (χ3v) is 7.76. The summed E-state index contributed by atoms with van der Waals surface area (Å²) in [5.74, 6) is -0.196. The summed E-state index contributed by atoms with van der Waals surface area (Å²) in [4.78, 5) is 26.9. The number of hydrogen-bond acceptors (Lipinski definition) is 5. The third-order valence-electron chi connectivity index (χ3n) is 5.14. The van der Waals surface area contributed by atoms with Crippen LogP contribution in [0.15, 0.2) is 42.5 Å². The molecule has 0 spiro atoms. The Morgan fingerprint density at radius 3 is 2.42 bits per heavy atom. The highest BCUT2D eigenvalue weighted by atomic mass is 28.3. The molecule has 0 radical (unpaired) electrons. The zero-order valence-corrected chi connectivity index (χ0v) is 20.9. The molecule has 0 unspecified atom stereocenters. The molecule has 6 nitrogen and oxygen atoms in total. The van der Waals surface area contributed by atoms with Gasteiger partial charge in [0.15, 0.2) is 6.23 Å². The van der Waals surface area contributed by atoms with Crippen molar-refractivity contribution in [3.8, 4) is 0 Å². The summed E-state index contributed by atoms with van der Waals surface area (Å²) in [6, 6.07) is 9.59. The Balaban J connectivity index is 2.28. The average Bonchev–Trinajstić information content (AvgIpc) is 3.08. The quantitative estimate of drug-likeness (QED) is 0.312. The number of nitrogens with zero attached hydrogens (tertiary/aromatic N) is 1. The molecular formula is C24H37NO5Si. The number of carbonyl (C=O) groups is 2. The van der Waals surface area contributed by atoms with Crippen molar-refractivity contribution in [1.82, 2.24) is 4.90 Å². The molecule has 31 heavy (non-hydrogen) atoms. The molecule has 0 bridgehead atoms. The van der Waals surface area contributed by atoms with Crippen LogP contribution in [0.5, 0.6) is 0 Å². The number of rotatable bonds is 7. The number of hydrogen-bond donors (Lipinski definition) is 0. The Bertz CT molecular complexity index is 766. The molecule has 0 aliphatic carbocycles. The minimum absolute atomic E-state index is 0.0754. The summed E-state index contributed by atoms with van der Waals surface area (Å²) in [7, 11) is -1.70. The van der Waals surface area contributed by atoms with Gasteiger partial charge in [-0.1, -0.05) is 56.0 Å². The maximum atomic E-state index is 13.1. The van der Waals surface area contributed by atoms with Crippen LogP contribution >= 0.6 is 0 Å². The third kappa shape index (κ3) is 7.50. The minimum Gasteiger partial charge on any atom is -0.466 e. The Morgan fingerprint density at radius 1 is 1.23 bits per heavy atom. The van der Waals surface area contributed by atoms with Crippen molar-refractivity contribution < 1.29 is 23.8 Å². The zero-order valence-electron chi connectivity index (χ0n) is 19.9.